The van der Waals surface area contributed by atoms with Crippen LogP contribution in [0.25, 0.3) is 0 Å². The van der Waals surface area contributed by atoms with E-state index in [9.17, 15) is 25.0 Å². The summed E-state index contributed by atoms with van der Waals surface area (Å²) in [5.74, 6) is -1.13. The van der Waals surface area contributed by atoms with Crippen LogP contribution in [0.5, 0.6) is 5.75 Å². The summed E-state index contributed by atoms with van der Waals surface area (Å²) in [5.41, 5.74) is -1.23. The van der Waals surface area contributed by atoms with Gasteiger partial charge in [-0.25, -0.2) is 4.79 Å². The van der Waals surface area contributed by atoms with Gasteiger partial charge in [0.1, 0.15) is 0 Å². The predicted octanol–water partition coefficient (Wildman–Crippen LogP) is 4.35. The summed E-state index contributed by atoms with van der Waals surface area (Å²) in [4.78, 5) is 33.0. The van der Waals surface area contributed by atoms with Gasteiger partial charge < -0.3 is 125 Å². The average molecular weight is 905 g/mol. The molecule has 22 heteroatoms. The zero-order chi connectivity index (χ0) is 36.0. The van der Waals surface area contributed by atoms with Crippen molar-refractivity contribution in [2.75, 3.05) is 26.2 Å². The van der Waals surface area contributed by atoms with Crippen LogP contribution < -0.4 is 26.0 Å². The third-order valence-corrected chi connectivity index (χ3v) is 6.56. The molecule has 0 aliphatic carbocycles. The van der Waals surface area contributed by atoms with Crippen LogP contribution in [0.3, 0.4) is 0 Å². The number of nitro benzene ring substituents is 2. The molecule has 1 aromatic rings. The van der Waals surface area contributed by atoms with Crippen molar-refractivity contribution in [1.29, 1.82) is 0 Å². The van der Waals surface area contributed by atoms with E-state index in [1.165, 1.54) is 18.2 Å². The van der Waals surface area contributed by atoms with E-state index >= 15 is 0 Å². The van der Waals surface area contributed by atoms with Gasteiger partial charge in [0.2, 0.25) is 0 Å². The number of benzene rings is 1. The first kappa shape index (κ1) is 53.6. The Balaban J connectivity index is -0.000000364. The zero-order valence-corrected chi connectivity index (χ0v) is 37.5. The van der Waals surface area contributed by atoms with Gasteiger partial charge in [0.15, 0.2) is 0 Å². The van der Waals surface area contributed by atoms with Crippen molar-refractivity contribution in [3.05, 3.63) is 50.1 Å². The number of carbonyl (C=O) groups excluding carboxylic acids is 1. The van der Waals surface area contributed by atoms with Crippen molar-refractivity contribution in [2.45, 2.75) is 52.9 Å². The second-order valence-corrected chi connectivity index (χ2v) is 14.3. The van der Waals surface area contributed by atoms with Crippen molar-refractivity contribution < 1.29 is 55.9 Å². The number of nitrogens with zero attached hydrogens (tertiary/aromatic N) is 2. The minimum Gasteiger partial charge on any atom is -0.412 e. The van der Waals surface area contributed by atoms with E-state index in [4.69, 9.17) is 4.74 Å². The molecule has 1 rings (SSSR count). The van der Waals surface area contributed by atoms with Crippen LogP contribution in [-0.2, 0) is 97.3 Å². The molecule has 4 N–H and O–H groups in total. The summed E-state index contributed by atoms with van der Waals surface area (Å²) in [6.45, 7) is 12.1. The fourth-order valence-electron chi connectivity index (χ4n) is 3.09. The van der Waals surface area contributed by atoms with Gasteiger partial charge in [-0.2, -0.15) is 0 Å². The number of hydrogen-bond acceptors (Lipinski definition) is 14. The molecular weight excluding hydrogens is 869 g/mol. The fraction of sp³-hybridized carbons (Fsp3) is 0.500. The topological polar surface area (TPSA) is 161 Å². The Labute approximate surface area is 348 Å². The quantitative estimate of drug-likeness (QED) is 0.0240. The van der Waals surface area contributed by atoms with Gasteiger partial charge in [-0.1, -0.05) is 57.5 Å². The van der Waals surface area contributed by atoms with E-state index in [0.717, 1.165) is 12.5 Å². The molecule has 0 spiro atoms. The normalized spacial score (nSPS) is 9.88. The molecule has 0 atom stereocenters. The molecule has 0 fully saturated rings. The van der Waals surface area contributed by atoms with Gasteiger partial charge in [-0.3, -0.25) is 20.2 Å². The van der Waals surface area contributed by atoms with Crippen molar-refractivity contribution in [3.8, 4) is 5.75 Å². The van der Waals surface area contributed by atoms with Gasteiger partial charge in [-0.15, -0.1) is 0 Å². The summed E-state index contributed by atoms with van der Waals surface area (Å²) < 4.78 is 6.39. The van der Waals surface area contributed by atoms with Crippen molar-refractivity contribution in [1.82, 2.24) is 21.3 Å². The SMILES string of the molecule is C/C=C\C(=O)Oc1c([N+](=O)[O-])cc(C(C)(C)CCC(C)C)cc1[N+](=O)[O-].S=C([S-])NCCNC(=S)[S-].S=C([S-])NCCNC(=S)[S-].[Mn+2].[Zn+2]. The van der Waals surface area contributed by atoms with Crippen LogP contribution in [0.2, 0.25) is 0 Å². The Hall–Kier alpha value is -1.19. The Bertz CT molecular complexity index is 1180. The van der Waals surface area contributed by atoms with Gasteiger partial charge in [0, 0.05) is 44.4 Å². The number of thiocarbonyl (C=S) groups is 4. The van der Waals surface area contributed by atoms with Crippen molar-refractivity contribution in [2.24, 2.45) is 5.92 Å². The summed E-state index contributed by atoms with van der Waals surface area (Å²) >= 11 is 36.7. The third kappa shape index (κ3) is 27.6. The van der Waals surface area contributed by atoms with Crippen LogP contribution in [0.4, 0.5) is 11.4 Å². The van der Waals surface area contributed by atoms with Gasteiger partial charge in [0.25, 0.3) is 5.75 Å². The van der Waals surface area contributed by atoms with Crippen LogP contribution in [0.15, 0.2) is 24.3 Å². The number of esters is 1. The molecule has 0 amide bonds. The number of carbonyl (C=O) groups is 1. The first-order chi connectivity index (χ1) is 21.2. The summed E-state index contributed by atoms with van der Waals surface area (Å²) in [7, 11) is 0. The van der Waals surface area contributed by atoms with Gasteiger partial charge in [0.05, 0.1) is 9.85 Å². The van der Waals surface area contributed by atoms with E-state index < -0.39 is 38.4 Å². The van der Waals surface area contributed by atoms with Gasteiger partial charge >= 0.3 is 53.9 Å². The van der Waals surface area contributed by atoms with Crippen molar-refractivity contribution in [3.63, 3.8) is 0 Å². The van der Waals surface area contributed by atoms with E-state index in [1.54, 1.807) is 6.92 Å². The number of ether oxygens (including phenoxy) is 1. The minimum atomic E-state index is -0.912. The number of nitrogens with one attached hydrogen (secondary N) is 4. The summed E-state index contributed by atoms with van der Waals surface area (Å²) in [5, 5.41) is 34.0. The number of hydrogen-bond donors (Lipinski definition) is 4. The Morgan fingerprint density at radius 3 is 1.44 bits per heavy atom. The van der Waals surface area contributed by atoms with Crippen LogP contribution >= 0.6 is 48.9 Å². The zero-order valence-electron chi connectivity index (χ0n) is 26.8. The monoisotopic (exact) mass is 903 g/mol. The van der Waals surface area contributed by atoms with Gasteiger partial charge in [-0.05, 0) is 30.2 Å². The molecule has 48 heavy (non-hydrogen) atoms. The molecule has 0 unspecified atom stereocenters. The second-order valence-electron chi connectivity index (χ2n) is 9.95. The predicted molar refractivity (Wildman–Crippen MR) is 209 cm³/mol. The van der Waals surface area contributed by atoms with E-state index in [0.29, 0.717) is 61.4 Å². The average Bonchev–Trinajstić information content (AvgIpc) is 2.92. The number of rotatable bonds is 14. The molecular formula is C26H36MnN6O6S8Zn. The molecule has 0 aliphatic rings. The van der Waals surface area contributed by atoms with Crippen LogP contribution in [0, 0.1) is 26.1 Å². The first-order valence-electron chi connectivity index (χ1n) is 13.4. The molecule has 1 radical (unpaired) electrons. The molecule has 0 saturated carbocycles. The fourth-order valence-corrected chi connectivity index (χ4v) is 3.90. The Kier molecular flexibility index (Phi) is 33.0. The van der Waals surface area contributed by atoms with Crippen LogP contribution in [0.1, 0.15) is 53.0 Å². The molecule has 0 bridgehead atoms. The number of allylic oxidation sites excluding steroid dienone is 1. The summed E-state index contributed by atoms with van der Waals surface area (Å²) in [6.07, 6.45) is 3.99. The standard InChI is InChI=1S/C18H24N2O6.2C4H8N2S4.Mn.Zn/c1-6-7-16(21)26-17-14(19(22)23)10-13(11-15(17)20(24)25)18(4,5)9-8-12(2)3;2*7-3(8)5-1-2-6-4(9)10;;/h6-7,10-12H,8-9H2,1-5H3;2*1-2H2,(H2,5,7,8)(H2,6,9,10);;/q;;;2*+2/p-4/b7-6-;;;;. The van der Waals surface area contributed by atoms with Crippen molar-refractivity contribution >= 4 is 134 Å². The maximum absolute atomic E-state index is 11.7. The van der Waals surface area contributed by atoms with E-state index in [1.807, 2.05) is 13.8 Å². The van der Waals surface area contributed by atoms with E-state index in [-0.39, 0.29) is 36.5 Å². The first-order valence-corrected chi connectivity index (χ1v) is 16.6. The molecule has 0 saturated heterocycles. The molecule has 12 nitrogen and oxygen atoms in total. The Morgan fingerprint density at radius 2 is 1.19 bits per heavy atom. The minimum absolute atomic E-state index is 0. The second kappa shape index (κ2) is 29.5. The van der Waals surface area contributed by atoms with E-state index in [2.05, 4.69) is 135 Å². The molecule has 0 heterocycles. The molecule has 0 aliphatic heterocycles. The maximum atomic E-state index is 11.7. The third-order valence-electron chi connectivity index (χ3n) is 5.40. The van der Waals surface area contributed by atoms with Crippen LogP contribution in [-0.4, -0.2) is 59.3 Å². The molecule has 0 aromatic heterocycles. The molecule has 263 valence electrons. The molecule has 1 aromatic carbocycles. The summed E-state index contributed by atoms with van der Waals surface area (Å²) in [6, 6.07) is 2.51. The number of nitro groups is 2. The smallest absolute Gasteiger partial charge is 0.412 e. The maximum Gasteiger partial charge on any atom is 2.00 e. The largest absolute Gasteiger partial charge is 2.00 e. The Morgan fingerprint density at radius 1 is 0.854 bits per heavy atom.